The second-order valence-electron chi connectivity index (χ2n) is 5.56. The molecule has 0 saturated carbocycles. The van der Waals surface area contributed by atoms with Crippen LogP contribution in [0.15, 0.2) is 18.5 Å². The van der Waals surface area contributed by atoms with Crippen LogP contribution in [0.5, 0.6) is 0 Å². The number of nitrogens with one attached hydrogen (secondary N) is 1. The molecule has 1 amide bonds. The van der Waals surface area contributed by atoms with Crippen molar-refractivity contribution >= 4 is 30.7 Å². The highest BCUT2D eigenvalue weighted by molar-refractivity contribution is 5.85. The summed E-state index contributed by atoms with van der Waals surface area (Å²) in [5.74, 6) is 0.248. The van der Waals surface area contributed by atoms with E-state index in [0.29, 0.717) is 38.7 Å². The van der Waals surface area contributed by atoms with Gasteiger partial charge in [0, 0.05) is 37.9 Å². The fourth-order valence-electron chi connectivity index (χ4n) is 2.94. The lowest BCUT2D eigenvalue weighted by Crippen LogP contribution is -2.48. The van der Waals surface area contributed by atoms with Gasteiger partial charge in [0.05, 0.1) is 19.3 Å². The van der Waals surface area contributed by atoms with Crippen molar-refractivity contribution < 1.29 is 9.53 Å². The fourth-order valence-corrected chi connectivity index (χ4v) is 2.94. The Morgan fingerprint density at radius 1 is 1.41 bits per heavy atom. The molecule has 3 heterocycles. The molecule has 2 saturated heterocycles. The van der Waals surface area contributed by atoms with Crippen molar-refractivity contribution in [3.63, 3.8) is 0 Å². The van der Waals surface area contributed by atoms with Crippen LogP contribution >= 0.6 is 24.8 Å². The van der Waals surface area contributed by atoms with Gasteiger partial charge in [-0.15, -0.1) is 24.8 Å². The van der Waals surface area contributed by atoms with Gasteiger partial charge < -0.3 is 15.0 Å². The number of amides is 1. The van der Waals surface area contributed by atoms with Crippen LogP contribution in [-0.4, -0.2) is 59.0 Å². The second kappa shape index (κ2) is 9.35. The summed E-state index contributed by atoms with van der Waals surface area (Å²) in [7, 11) is 0. The van der Waals surface area contributed by atoms with Crippen molar-refractivity contribution in [2.45, 2.75) is 38.0 Å². The molecular weight excluding hydrogens is 327 g/mol. The number of ether oxygens (including phenoxy) is 1. The predicted octanol–water partition coefficient (Wildman–Crippen LogP) is 1.10. The Kier molecular flexibility index (Phi) is 8.17. The average Bonchev–Trinajstić information content (AvgIpc) is 3.12. The summed E-state index contributed by atoms with van der Waals surface area (Å²) in [4.78, 5) is 14.3. The van der Waals surface area contributed by atoms with Crippen molar-refractivity contribution in [1.29, 1.82) is 0 Å². The molecule has 126 valence electrons. The molecular formula is C14H24Cl2N4O2. The maximum absolute atomic E-state index is 12.3. The first-order valence-corrected chi connectivity index (χ1v) is 7.41. The summed E-state index contributed by atoms with van der Waals surface area (Å²) in [5.41, 5.74) is 0. The Balaban J connectivity index is 0.00000121. The van der Waals surface area contributed by atoms with Gasteiger partial charge in [0.1, 0.15) is 0 Å². The van der Waals surface area contributed by atoms with E-state index >= 15 is 0 Å². The maximum Gasteiger partial charge on any atom is 0.224 e. The zero-order valence-electron chi connectivity index (χ0n) is 12.5. The lowest BCUT2D eigenvalue weighted by Gasteiger charge is -2.33. The van der Waals surface area contributed by atoms with E-state index in [0.717, 1.165) is 13.0 Å². The van der Waals surface area contributed by atoms with Crippen molar-refractivity contribution in [3.05, 3.63) is 18.5 Å². The average molecular weight is 351 g/mol. The van der Waals surface area contributed by atoms with E-state index in [9.17, 15) is 4.79 Å². The zero-order chi connectivity index (χ0) is 13.8. The molecule has 2 atom stereocenters. The van der Waals surface area contributed by atoms with E-state index in [-0.39, 0.29) is 36.8 Å². The maximum atomic E-state index is 12.3. The van der Waals surface area contributed by atoms with E-state index in [2.05, 4.69) is 10.4 Å². The topological polar surface area (TPSA) is 59.4 Å². The predicted molar refractivity (Wildman–Crippen MR) is 88.7 cm³/mol. The number of nitrogens with zero attached hydrogens (tertiary/aromatic N) is 3. The van der Waals surface area contributed by atoms with Crippen LogP contribution in [0.2, 0.25) is 0 Å². The molecule has 2 unspecified atom stereocenters. The van der Waals surface area contributed by atoms with E-state index in [1.54, 1.807) is 6.20 Å². The van der Waals surface area contributed by atoms with Gasteiger partial charge in [0.15, 0.2) is 0 Å². The fraction of sp³-hybridized carbons (Fsp3) is 0.714. The van der Waals surface area contributed by atoms with Gasteiger partial charge in [-0.2, -0.15) is 5.10 Å². The molecule has 22 heavy (non-hydrogen) atoms. The Bertz CT molecular complexity index is 438. The van der Waals surface area contributed by atoms with Gasteiger partial charge >= 0.3 is 0 Å². The van der Waals surface area contributed by atoms with Crippen molar-refractivity contribution in [2.75, 3.05) is 26.2 Å². The van der Waals surface area contributed by atoms with Crippen molar-refractivity contribution in [2.24, 2.45) is 0 Å². The molecule has 1 aromatic rings. The molecule has 0 radical (unpaired) electrons. The van der Waals surface area contributed by atoms with Crippen LogP contribution in [0, 0.1) is 0 Å². The molecule has 2 aliphatic rings. The number of rotatable bonds is 4. The number of halogens is 2. The minimum atomic E-state index is 0. The third-order valence-corrected chi connectivity index (χ3v) is 4.02. The minimum Gasteiger partial charge on any atom is -0.373 e. The summed E-state index contributed by atoms with van der Waals surface area (Å²) >= 11 is 0. The summed E-state index contributed by atoms with van der Waals surface area (Å²) < 4.78 is 7.59. The third kappa shape index (κ3) is 5.12. The largest absolute Gasteiger partial charge is 0.373 e. The van der Waals surface area contributed by atoms with Crippen LogP contribution in [0.3, 0.4) is 0 Å². The first-order valence-electron chi connectivity index (χ1n) is 7.41. The van der Waals surface area contributed by atoms with Gasteiger partial charge in [-0.05, 0) is 25.5 Å². The summed E-state index contributed by atoms with van der Waals surface area (Å²) in [5, 5.41) is 7.57. The Hall–Kier alpha value is -0.820. The number of hydrogen-bond donors (Lipinski definition) is 1. The zero-order valence-corrected chi connectivity index (χ0v) is 14.2. The minimum absolute atomic E-state index is 0. The SMILES string of the molecule is Cl.Cl.O=C(CC1CCCN1)N1CCOC(Cn2cccn2)C1. The monoisotopic (exact) mass is 350 g/mol. The number of carbonyl (C=O) groups is 1. The highest BCUT2D eigenvalue weighted by Crippen LogP contribution is 2.13. The molecule has 2 aliphatic heterocycles. The molecule has 1 N–H and O–H groups in total. The smallest absolute Gasteiger partial charge is 0.224 e. The van der Waals surface area contributed by atoms with Gasteiger partial charge in [0.2, 0.25) is 5.91 Å². The second-order valence-corrected chi connectivity index (χ2v) is 5.56. The Morgan fingerprint density at radius 2 is 2.27 bits per heavy atom. The van der Waals surface area contributed by atoms with Crippen LogP contribution in [0.4, 0.5) is 0 Å². The van der Waals surface area contributed by atoms with Gasteiger partial charge in [0.25, 0.3) is 0 Å². The molecule has 0 bridgehead atoms. The van der Waals surface area contributed by atoms with Gasteiger partial charge in [-0.25, -0.2) is 0 Å². The van der Waals surface area contributed by atoms with E-state index in [4.69, 9.17) is 4.74 Å². The highest BCUT2D eigenvalue weighted by Gasteiger charge is 2.27. The molecule has 0 aromatic carbocycles. The standard InChI is InChI=1S/C14H22N4O2.2ClH/c19-14(9-12-3-1-4-15-12)17-7-8-20-13(10-17)11-18-6-2-5-16-18;;/h2,5-6,12-13,15H,1,3-4,7-11H2;2*1H. The highest BCUT2D eigenvalue weighted by atomic mass is 35.5. The molecule has 2 fully saturated rings. The number of hydrogen-bond acceptors (Lipinski definition) is 4. The lowest BCUT2D eigenvalue weighted by atomic mass is 10.1. The van der Waals surface area contributed by atoms with E-state index in [1.807, 2.05) is 21.8 Å². The summed E-state index contributed by atoms with van der Waals surface area (Å²) in [6.45, 7) is 3.75. The lowest BCUT2D eigenvalue weighted by molar-refractivity contribution is -0.139. The number of morpholine rings is 1. The van der Waals surface area contributed by atoms with Gasteiger partial charge in [-0.1, -0.05) is 0 Å². The molecule has 0 aliphatic carbocycles. The van der Waals surface area contributed by atoms with E-state index in [1.165, 1.54) is 6.42 Å². The molecule has 1 aromatic heterocycles. The van der Waals surface area contributed by atoms with Crippen molar-refractivity contribution in [3.8, 4) is 0 Å². The molecule has 6 nitrogen and oxygen atoms in total. The van der Waals surface area contributed by atoms with Crippen LogP contribution in [0.1, 0.15) is 19.3 Å². The first kappa shape index (κ1) is 19.2. The first-order chi connectivity index (χ1) is 9.81. The Morgan fingerprint density at radius 3 is 2.95 bits per heavy atom. The van der Waals surface area contributed by atoms with Crippen LogP contribution < -0.4 is 5.32 Å². The summed E-state index contributed by atoms with van der Waals surface area (Å²) in [6, 6.07) is 2.27. The number of aromatic nitrogens is 2. The third-order valence-electron chi connectivity index (χ3n) is 4.02. The number of carbonyl (C=O) groups excluding carboxylic acids is 1. The quantitative estimate of drug-likeness (QED) is 0.883. The molecule has 3 rings (SSSR count). The molecule has 0 spiro atoms. The summed E-state index contributed by atoms with van der Waals surface area (Å²) in [6.07, 6.45) is 6.65. The van der Waals surface area contributed by atoms with E-state index < -0.39 is 0 Å². The Labute approximate surface area is 143 Å². The van der Waals surface area contributed by atoms with Crippen LogP contribution in [0.25, 0.3) is 0 Å². The van der Waals surface area contributed by atoms with Crippen molar-refractivity contribution in [1.82, 2.24) is 20.0 Å². The van der Waals surface area contributed by atoms with Crippen LogP contribution in [-0.2, 0) is 16.1 Å². The van der Waals surface area contributed by atoms with Gasteiger partial charge in [-0.3, -0.25) is 9.48 Å². The normalized spacial score (nSPS) is 24.5. The molecule has 8 heteroatoms.